The van der Waals surface area contributed by atoms with Crippen LogP contribution in [0.25, 0.3) is 10.9 Å². The number of rotatable bonds is 11. The molecule has 2 N–H and O–H groups in total. The minimum absolute atomic E-state index is 0.106. The number of methoxy groups -OCH3 is 1. The number of esters is 1. The Balaban J connectivity index is 1.49. The van der Waals surface area contributed by atoms with Gasteiger partial charge in [-0.2, -0.15) is 0 Å². The van der Waals surface area contributed by atoms with E-state index in [1.54, 1.807) is 31.2 Å². The number of aromatic nitrogens is 1. The minimum atomic E-state index is -1.17. The van der Waals surface area contributed by atoms with Crippen LogP contribution in [-0.2, 0) is 28.7 Å². The van der Waals surface area contributed by atoms with Crippen LogP contribution in [0.1, 0.15) is 43.1 Å². The molecular formula is C30H37N5O10. The van der Waals surface area contributed by atoms with Crippen LogP contribution in [0.5, 0.6) is 5.75 Å². The van der Waals surface area contributed by atoms with Crippen LogP contribution in [-0.4, -0.2) is 126 Å². The van der Waals surface area contributed by atoms with E-state index in [0.717, 1.165) is 0 Å². The first-order valence-corrected chi connectivity index (χ1v) is 14.8. The van der Waals surface area contributed by atoms with Crippen LogP contribution < -0.4 is 10.1 Å². The summed E-state index contributed by atoms with van der Waals surface area (Å²) in [6.45, 7) is 2.73. The summed E-state index contributed by atoms with van der Waals surface area (Å²) < 4.78 is 15.7. The molecule has 0 aliphatic carbocycles. The van der Waals surface area contributed by atoms with Gasteiger partial charge < -0.3 is 39.3 Å². The monoisotopic (exact) mass is 627 g/mol. The summed E-state index contributed by atoms with van der Waals surface area (Å²) in [6, 6.07) is 6.32. The van der Waals surface area contributed by atoms with Gasteiger partial charge in [-0.25, -0.2) is 14.6 Å². The maximum Gasteiger partial charge on any atom is 0.409 e. The molecule has 242 valence electrons. The Labute approximate surface area is 259 Å². The van der Waals surface area contributed by atoms with Crippen molar-refractivity contribution in [2.24, 2.45) is 0 Å². The SMILES string of the molecule is CCOC(=O)N1CCN(C(=O)C(CCC(=O)O)NC(=O)c2cc(OCC(=O)N3CCCC3C(=O)OC)c3ccccc3n2)CC1. The number of amides is 4. The quantitative estimate of drug-likeness (QED) is 0.339. The Morgan fingerprint density at radius 3 is 2.44 bits per heavy atom. The van der Waals surface area contributed by atoms with Gasteiger partial charge in [-0.15, -0.1) is 0 Å². The predicted molar refractivity (Wildman–Crippen MR) is 157 cm³/mol. The lowest BCUT2D eigenvalue weighted by Crippen LogP contribution is -2.56. The lowest BCUT2D eigenvalue weighted by molar-refractivity contribution is -0.151. The molecule has 3 heterocycles. The van der Waals surface area contributed by atoms with Gasteiger partial charge in [0.25, 0.3) is 11.8 Å². The van der Waals surface area contributed by atoms with Crippen molar-refractivity contribution < 1.29 is 48.1 Å². The molecule has 2 atom stereocenters. The Bertz CT molecular complexity index is 1440. The molecular weight excluding hydrogens is 590 g/mol. The van der Waals surface area contributed by atoms with E-state index < -0.39 is 54.4 Å². The second-order valence-electron chi connectivity index (χ2n) is 10.5. The molecule has 45 heavy (non-hydrogen) atoms. The third kappa shape index (κ3) is 8.16. The third-order valence-corrected chi connectivity index (χ3v) is 7.68. The molecule has 1 aromatic heterocycles. The number of carbonyl (C=O) groups excluding carboxylic acids is 5. The molecule has 1 aromatic carbocycles. The number of nitrogens with zero attached hydrogens (tertiary/aromatic N) is 4. The van der Waals surface area contributed by atoms with Crippen molar-refractivity contribution in [3.63, 3.8) is 0 Å². The highest BCUT2D eigenvalue weighted by atomic mass is 16.6. The molecule has 0 spiro atoms. The number of piperazine rings is 1. The van der Waals surface area contributed by atoms with Gasteiger partial charge in [-0.05, 0) is 38.3 Å². The third-order valence-electron chi connectivity index (χ3n) is 7.68. The van der Waals surface area contributed by atoms with E-state index in [4.69, 9.17) is 14.2 Å². The van der Waals surface area contributed by atoms with E-state index in [0.29, 0.717) is 30.3 Å². The van der Waals surface area contributed by atoms with Crippen molar-refractivity contribution in [1.29, 1.82) is 0 Å². The topological polar surface area (TPSA) is 185 Å². The van der Waals surface area contributed by atoms with Gasteiger partial charge in [0.15, 0.2) is 6.61 Å². The molecule has 4 rings (SSSR count). The van der Waals surface area contributed by atoms with Gasteiger partial charge in [0.1, 0.15) is 23.5 Å². The van der Waals surface area contributed by atoms with Crippen molar-refractivity contribution in [2.75, 3.05) is 53.0 Å². The number of nitrogens with one attached hydrogen (secondary N) is 1. The van der Waals surface area contributed by atoms with Crippen molar-refractivity contribution >= 4 is 46.7 Å². The number of carboxylic acid groups (broad SMARTS) is 1. The first-order chi connectivity index (χ1) is 21.6. The van der Waals surface area contributed by atoms with Gasteiger partial charge >= 0.3 is 18.0 Å². The first kappa shape index (κ1) is 33.0. The predicted octanol–water partition coefficient (Wildman–Crippen LogP) is 1.04. The molecule has 2 aliphatic heterocycles. The van der Waals surface area contributed by atoms with Crippen LogP contribution in [0.2, 0.25) is 0 Å². The average Bonchev–Trinajstić information content (AvgIpc) is 3.55. The number of para-hydroxylation sites is 1. The van der Waals surface area contributed by atoms with Crippen molar-refractivity contribution in [3.05, 3.63) is 36.0 Å². The summed E-state index contributed by atoms with van der Waals surface area (Å²) in [4.78, 5) is 84.1. The number of benzene rings is 1. The van der Waals surface area contributed by atoms with E-state index >= 15 is 0 Å². The summed E-state index contributed by atoms with van der Waals surface area (Å²) in [7, 11) is 1.27. The van der Waals surface area contributed by atoms with Gasteiger partial charge in [0.05, 0.1) is 19.2 Å². The van der Waals surface area contributed by atoms with Crippen molar-refractivity contribution in [1.82, 2.24) is 25.0 Å². The number of aliphatic carboxylic acids is 1. The number of fused-ring (bicyclic) bond motifs is 1. The standard InChI is InChI=1S/C30H37N5O10/c1-3-44-30(42)34-15-13-33(14-16-34)28(40)21(10-11-26(37)38)32-27(39)22-17-24(19-7-4-5-8-20(19)31-22)45-18-25(36)35-12-6-9-23(35)29(41)43-2/h4-5,7-8,17,21,23H,3,6,9-16,18H2,1-2H3,(H,32,39)(H,37,38). The Kier molecular flexibility index (Phi) is 11.1. The molecule has 0 bridgehead atoms. The van der Waals surface area contributed by atoms with Gasteiger partial charge in [-0.3, -0.25) is 19.2 Å². The zero-order chi connectivity index (χ0) is 32.5. The van der Waals surface area contributed by atoms with Crippen LogP contribution >= 0.6 is 0 Å². The van der Waals surface area contributed by atoms with Gasteiger partial charge in [-0.1, -0.05) is 12.1 Å². The summed E-state index contributed by atoms with van der Waals surface area (Å²) in [5.74, 6) is -3.08. The number of pyridine rings is 1. The van der Waals surface area contributed by atoms with Crippen LogP contribution in [0.3, 0.4) is 0 Å². The van der Waals surface area contributed by atoms with Crippen molar-refractivity contribution in [3.8, 4) is 5.75 Å². The number of carboxylic acids is 1. The maximum absolute atomic E-state index is 13.5. The fraction of sp³-hybridized carbons (Fsp3) is 0.500. The molecule has 0 saturated carbocycles. The molecule has 0 radical (unpaired) electrons. The largest absolute Gasteiger partial charge is 0.483 e. The van der Waals surface area contributed by atoms with E-state index in [1.165, 1.54) is 27.9 Å². The highest BCUT2D eigenvalue weighted by Crippen LogP contribution is 2.26. The number of carbonyl (C=O) groups is 6. The lowest BCUT2D eigenvalue weighted by Gasteiger charge is -2.35. The van der Waals surface area contributed by atoms with Crippen LogP contribution in [0, 0.1) is 0 Å². The van der Waals surface area contributed by atoms with E-state index in [2.05, 4.69) is 10.3 Å². The second kappa shape index (κ2) is 15.2. The van der Waals surface area contributed by atoms with Crippen molar-refractivity contribution in [2.45, 2.75) is 44.7 Å². The molecule has 2 aromatic rings. The maximum atomic E-state index is 13.5. The molecule has 2 saturated heterocycles. The first-order valence-electron chi connectivity index (χ1n) is 14.8. The highest BCUT2D eigenvalue weighted by molar-refractivity contribution is 5.99. The number of hydrogen-bond acceptors (Lipinski definition) is 10. The van der Waals surface area contributed by atoms with Gasteiger partial charge in [0.2, 0.25) is 5.91 Å². The van der Waals surface area contributed by atoms with E-state index in [9.17, 15) is 33.9 Å². The molecule has 2 aliphatic rings. The fourth-order valence-electron chi connectivity index (χ4n) is 5.35. The summed E-state index contributed by atoms with van der Waals surface area (Å²) in [5, 5.41) is 12.4. The van der Waals surface area contributed by atoms with E-state index in [-0.39, 0.29) is 57.1 Å². The van der Waals surface area contributed by atoms with E-state index in [1.807, 2.05) is 0 Å². The smallest absolute Gasteiger partial charge is 0.409 e. The number of hydrogen-bond donors (Lipinski definition) is 2. The summed E-state index contributed by atoms with van der Waals surface area (Å²) >= 11 is 0. The molecule has 2 fully saturated rings. The Morgan fingerprint density at radius 1 is 1.04 bits per heavy atom. The number of ether oxygens (including phenoxy) is 3. The average molecular weight is 628 g/mol. The highest BCUT2D eigenvalue weighted by Gasteiger charge is 2.35. The number of likely N-dealkylation sites (tertiary alicyclic amines) is 1. The minimum Gasteiger partial charge on any atom is -0.483 e. The Hall–Kier alpha value is -4.95. The normalized spacial score (nSPS) is 17.0. The Morgan fingerprint density at radius 2 is 1.76 bits per heavy atom. The summed E-state index contributed by atoms with van der Waals surface area (Å²) in [5.41, 5.74) is 0.287. The summed E-state index contributed by atoms with van der Waals surface area (Å²) in [6.07, 6.45) is 0.122. The fourth-order valence-corrected chi connectivity index (χ4v) is 5.35. The van der Waals surface area contributed by atoms with Crippen LogP contribution in [0.15, 0.2) is 30.3 Å². The zero-order valence-electron chi connectivity index (χ0n) is 25.2. The van der Waals surface area contributed by atoms with Crippen LogP contribution in [0.4, 0.5) is 4.79 Å². The molecule has 15 heteroatoms. The molecule has 15 nitrogen and oxygen atoms in total. The lowest BCUT2D eigenvalue weighted by atomic mass is 10.1. The second-order valence-corrected chi connectivity index (χ2v) is 10.5. The molecule has 2 unspecified atom stereocenters. The van der Waals surface area contributed by atoms with Gasteiger partial charge in [0, 0.05) is 50.6 Å². The zero-order valence-corrected chi connectivity index (χ0v) is 25.2. The molecule has 4 amide bonds.